The normalized spacial score (nSPS) is 45.8. The smallest absolute Gasteiger partial charge is 0.302 e. The van der Waals surface area contributed by atoms with Crippen LogP contribution in [-0.2, 0) is 14.3 Å². The molecule has 3 rings (SSSR count). The van der Waals surface area contributed by atoms with E-state index in [4.69, 9.17) is 4.74 Å². The van der Waals surface area contributed by atoms with Gasteiger partial charge in [0.2, 0.25) is 0 Å². The molecule has 0 N–H and O–H groups in total. The van der Waals surface area contributed by atoms with E-state index in [0.29, 0.717) is 23.7 Å². The second-order valence-corrected chi connectivity index (χ2v) is 7.50. The Morgan fingerprint density at radius 1 is 1.45 bits per heavy atom. The van der Waals surface area contributed by atoms with Crippen molar-refractivity contribution >= 4 is 11.8 Å². The van der Waals surface area contributed by atoms with Crippen molar-refractivity contribution < 1.29 is 14.3 Å². The standard InChI is InChI=1S/C17H24O3/c1-8(2)13-12(20-10(4)18)7-17(5)15-11(19)6-9(3)14(15)16(13)17/h6,8,12-16H,7H2,1-5H3/t12-,13-,14+,15-,16-,17+/m1/s1. The molecule has 110 valence electrons. The topological polar surface area (TPSA) is 43.4 Å². The molecule has 3 aliphatic rings. The van der Waals surface area contributed by atoms with Crippen LogP contribution >= 0.6 is 0 Å². The fourth-order valence-corrected chi connectivity index (χ4v) is 5.50. The van der Waals surface area contributed by atoms with E-state index in [1.807, 2.05) is 6.08 Å². The van der Waals surface area contributed by atoms with Crippen LogP contribution in [0.3, 0.4) is 0 Å². The van der Waals surface area contributed by atoms with Crippen molar-refractivity contribution in [1.82, 2.24) is 0 Å². The Bertz CT molecular complexity index is 504. The number of ketones is 1. The van der Waals surface area contributed by atoms with E-state index in [1.165, 1.54) is 12.5 Å². The van der Waals surface area contributed by atoms with Crippen LogP contribution in [0.1, 0.15) is 41.0 Å². The van der Waals surface area contributed by atoms with E-state index >= 15 is 0 Å². The molecule has 0 aromatic rings. The molecule has 0 unspecified atom stereocenters. The van der Waals surface area contributed by atoms with Gasteiger partial charge < -0.3 is 4.74 Å². The van der Waals surface area contributed by atoms with Crippen molar-refractivity contribution in [2.45, 2.75) is 47.1 Å². The molecule has 0 amide bonds. The average Bonchev–Trinajstić information content (AvgIpc) is 2.67. The summed E-state index contributed by atoms with van der Waals surface area (Å²) in [6.45, 7) is 10.2. The van der Waals surface area contributed by atoms with Gasteiger partial charge in [0.15, 0.2) is 5.78 Å². The molecular weight excluding hydrogens is 252 g/mol. The molecule has 3 nitrogen and oxygen atoms in total. The van der Waals surface area contributed by atoms with Gasteiger partial charge in [0.05, 0.1) is 0 Å². The molecule has 2 fully saturated rings. The molecular formula is C17H24O3. The second kappa shape index (κ2) is 4.19. The van der Waals surface area contributed by atoms with Gasteiger partial charge in [-0.15, -0.1) is 0 Å². The Balaban J connectivity index is 1.95. The summed E-state index contributed by atoms with van der Waals surface area (Å²) in [6.07, 6.45) is 2.67. The predicted molar refractivity (Wildman–Crippen MR) is 75.8 cm³/mol. The Morgan fingerprint density at radius 2 is 2.10 bits per heavy atom. The monoisotopic (exact) mass is 276 g/mol. The third-order valence-corrected chi connectivity index (χ3v) is 5.99. The number of carbonyl (C=O) groups excluding carboxylic acids is 2. The molecule has 3 heteroatoms. The summed E-state index contributed by atoms with van der Waals surface area (Å²) in [5.41, 5.74) is 1.25. The van der Waals surface area contributed by atoms with Crippen LogP contribution in [0.25, 0.3) is 0 Å². The SMILES string of the molecule is CC(=O)O[C@@H]1C[C@]2(C)[C@@H]([C@H]3C(C)=CC(=O)[C@H]32)[C@@H]1C(C)C. The van der Waals surface area contributed by atoms with E-state index in [9.17, 15) is 9.59 Å². The van der Waals surface area contributed by atoms with Crippen LogP contribution < -0.4 is 0 Å². The number of rotatable bonds is 2. The molecule has 0 spiro atoms. The Morgan fingerprint density at radius 3 is 2.65 bits per heavy atom. The van der Waals surface area contributed by atoms with Gasteiger partial charge in [0.25, 0.3) is 0 Å². The summed E-state index contributed by atoms with van der Waals surface area (Å²) >= 11 is 0. The average molecular weight is 276 g/mol. The second-order valence-electron chi connectivity index (χ2n) is 7.50. The molecule has 0 aromatic carbocycles. The minimum atomic E-state index is -0.200. The molecule has 0 heterocycles. The zero-order valence-electron chi connectivity index (χ0n) is 13.0. The van der Waals surface area contributed by atoms with Gasteiger partial charge in [-0.05, 0) is 42.6 Å². The van der Waals surface area contributed by atoms with Gasteiger partial charge in [-0.1, -0.05) is 26.3 Å². The molecule has 2 saturated carbocycles. The highest BCUT2D eigenvalue weighted by Gasteiger charge is 2.71. The van der Waals surface area contributed by atoms with Crippen LogP contribution in [0, 0.1) is 35.0 Å². The molecule has 3 aliphatic carbocycles. The maximum absolute atomic E-state index is 12.2. The lowest BCUT2D eigenvalue weighted by atomic mass is 9.46. The van der Waals surface area contributed by atoms with Gasteiger partial charge >= 0.3 is 5.97 Å². The number of hydrogen-bond donors (Lipinski definition) is 0. The van der Waals surface area contributed by atoms with Crippen LogP contribution in [0.5, 0.6) is 0 Å². The number of esters is 1. The highest BCUT2D eigenvalue weighted by Crippen LogP contribution is 2.71. The maximum Gasteiger partial charge on any atom is 0.302 e. The third kappa shape index (κ3) is 1.58. The lowest BCUT2D eigenvalue weighted by molar-refractivity contribution is -0.150. The van der Waals surface area contributed by atoms with Crippen molar-refractivity contribution in [3.05, 3.63) is 11.6 Å². The van der Waals surface area contributed by atoms with Crippen molar-refractivity contribution in [2.24, 2.45) is 35.0 Å². The number of allylic oxidation sites excluding steroid dienone is 2. The highest BCUT2D eigenvalue weighted by atomic mass is 16.5. The first-order valence-corrected chi connectivity index (χ1v) is 7.66. The highest BCUT2D eigenvalue weighted by molar-refractivity contribution is 5.97. The summed E-state index contributed by atoms with van der Waals surface area (Å²) in [7, 11) is 0. The molecule has 0 aromatic heterocycles. The van der Waals surface area contributed by atoms with Gasteiger partial charge in [0.1, 0.15) is 6.10 Å². The Labute approximate surface area is 120 Å². The minimum Gasteiger partial charge on any atom is -0.462 e. The number of fused-ring (bicyclic) bond motifs is 4. The summed E-state index contributed by atoms with van der Waals surface area (Å²) in [6, 6.07) is 0. The quantitative estimate of drug-likeness (QED) is 0.728. The Kier molecular flexibility index (Phi) is 2.90. The van der Waals surface area contributed by atoms with Crippen molar-refractivity contribution in [1.29, 1.82) is 0 Å². The summed E-state index contributed by atoms with van der Waals surface area (Å²) in [4.78, 5) is 23.6. The molecule has 0 aliphatic heterocycles. The lowest BCUT2D eigenvalue weighted by Gasteiger charge is -2.56. The van der Waals surface area contributed by atoms with Crippen molar-refractivity contribution in [3.63, 3.8) is 0 Å². The van der Waals surface area contributed by atoms with E-state index in [-0.39, 0.29) is 29.2 Å². The fourth-order valence-electron chi connectivity index (χ4n) is 5.50. The minimum absolute atomic E-state index is 0.0189. The first-order chi connectivity index (χ1) is 9.27. The summed E-state index contributed by atoms with van der Waals surface area (Å²) in [5, 5.41) is 0. The molecule has 20 heavy (non-hydrogen) atoms. The van der Waals surface area contributed by atoms with E-state index in [0.717, 1.165) is 6.42 Å². The first kappa shape index (κ1) is 13.8. The largest absolute Gasteiger partial charge is 0.462 e. The van der Waals surface area contributed by atoms with Crippen LogP contribution in [-0.4, -0.2) is 17.9 Å². The fraction of sp³-hybridized carbons (Fsp3) is 0.765. The summed E-state index contributed by atoms with van der Waals surface area (Å²) in [5.74, 6) is 1.94. The van der Waals surface area contributed by atoms with E-state index in [2.05, 4.69) is 27.7 Å². The molecule has 0 bridgehead atoms. The molecule has 6 atom stereocenters. The molecule has 0 saturated heterocycles. The van der Waals surface area contributed by atoms with Crippen LogP contribution in [0.15, 0.2) is 11.6 Å². The van der Waals surface area contributed by atoms with Gasteiger partial charge in [-0.2, -0.15) is 0 Å². The Hall–Kier alpha value is -1.12. The van der Waals surface area contributed by atoms with Crippen LogP contribution in [0.2, 0.25) is 0 Å². The van der Waals surface area contributed by atoms with Crippen molar-refractivity contribution in [3.8, 4) is 0 Å². The molecule has 0 radical (unpaired) electrons. The van der Waals surface area contributed by atoms with Gasteiger partial charge in [0, 0.05) is 18.8 Å². The zero-order valence-corrected chi connectivity index (χ0v) is 13.0. The zero-order chi connectivity index (χ0) is 14.8. The summed E-state index contributed by atoms with van der Waals surface area (Å²) < 4.78 is 5.60. The number of carbonyl (C=O) groups is 2. The van der Waals surface area contributed by atoms with Crippen molar-refractivity contribution in [2.75, 3.05) is 0 Å². The van der Waals surface area contributed by atoms with Gasteiger partial charge in [-0.3, -0.25) is 9.59 Å². The van der Waals surface area contributed by atoms with E-state index < -0.39 is 0 Å². The number of ether oxygens (including phenoxy) is 1. The number of hydrogen-bond acceptors (Lipinski definition) is 3. The third-order valence-electron chi connectivity index (χ3n) is 5.99. The first-order valence-electron chi connectivity index (χ1n) is 7.66. The maximum atomic E-state index is 12.2. The van der Waals surface area contributed by atoms with Crippen LogP contribution in [0.4, 0.5) is 0 Å². The predicted octanol–water partition coefficient (Wildman–Crippen LogP) is 2.99. The van der Waals surface area contributed by atoms with E-state index in [1.54, 1.807) is 0 Å². The lowest BCUT2D eigenvalue weighted by Crippen LogP contribution is -2.55. The van der Waals surface area contributed by atoms with Gasteiger partial charge in [-0.25, -0.2) is 0 Å².